The van der Waals surface area contributed by atoms with E-state index in [1.54, 1.807) is 4.90 Å². The van der Waals surface area contributed by atoms with E-state index >= 15 is 0 Å². The predicted octanol–water partition coefficient (Wildman–Crippen LogP) is 1.70. The summed E-state index contributed by atoms with van der Waals surface area (Å²) in [5.74, 6) is -0.803. The maximum absolute atomic E-state index is 14.1. The number of hydrogen-bond acceptors (Lipinski definition) is 5. The van der Waals surface area contributed by atoms with Crippen molar-refractivity contribution in [2.24, 2.45) is 5.73 Å². The van der Waals surface area contributed by atoms with Crippen LogP contribution in [0, 0.1) is 22.0 Å². The lowest BCUT2D eigenvalue weighted by Gasteiger charge is -2.29. The van der Waals surface area contributed by atoms with Crippen molar-refractivity contribution >= 4 is 29.4 Å². The zero-order valence-electron chi connectivity index (χ0n) is 13.2. The van der Waals surface area contributed by atoms with Gasteiger partial charge in [-0.2, -0.15) is 0 Å². The van der Waals surface area contributed by atoms with Crippen LogP contribution in [-0.2, 0) is 4.79 Å². The van der Waals surface area contributed by atoms with Gasteiger partial charge in [-0.25, -0.2) is 4.39 Å². The maximum Gasteiger partial charge on any atom is 0.219 e. The van der Waals surface area contributed by atoms with Crippen molar-refractivity contribution in [2.45, 2.75) is 13.3 Å². The first-order valence-electron chi connectivity index (χ1n) is 7.31. The van der Waals surface area contributed by atoms with Crippen LogP contribution in [0.3, 0.4) is 0 Å². The number of nitrogens with zero attached hydrogens (tertiary/aromatic N) is 1. The molecular weight excluding hydrogens is 311 g/mol. The van der Waals surface area contributed by atoms with E-state index < -0.39 is 5.82 Å². The number of carbonyl (C=O) groups is 1. The smallest absolute Gasteiger partial charge is 0.219 e. The van der Waals surface area contributed by atoms with Gasteiger partial charge >= 0.3 is 0 Å². The second kappa shape index (κ2) is 7.03. The van der Waals surface area contributed by atoms with Gasteiger partial charge in [-0.05, 0) is 12.1 Å². The molecule has 1 heterocycles. The zero-order valence-corrected chi connectivity index (χ0v) is 13.2. The first kappa shape index (κ1) is 17.3. The van der Waals surface area contributed by atoms with E-state index in [0.29, 0.717) is 24.2 Å². The minimum absolute atomic E-state index is 0.0627. The molecule has 24 heavy (non-hydrogen) atoms. The average Bonchev–Trinajstić information content (AvgIpc) is 2.55. The van der Waals surface area contributed by atoms with Crippen LogP contribution in [0.4, 0.5) is 10.1 Å². The van der Waals surface area contributed by atoms with Crippen molar-refractivity contribution in [1.82, 2.24) is 4.90 Å². The largest absolute Gasteiger partial charge is 0.402 e. The van der Waals surface area contributed by atoms with E-state index in [-0.39, 0.29) is 35.3 Å². The van der Waals surface area contributed by atoms with E-state index in [1.807, 2.05) is 0 Å². The third-order valence-corrected chi connectivity index (χ3v) is 3.82. The molecular formula is C16H19FN6O. The number of amides is 1. The molecule has 1 aromatic rings. The molecule has 0 atom stereocenters. The Balaban J connectivity index is 2.19. The highest BCUT2D eigenvalue weighted by Crippen LogP contribution is 2.20. The Morgan fingerprint density at radius 2 is 2.12 bits per heavy atom. The maximum atomic E-state index is 14.1. The normalized spacial score (nSPS) is 14.3. The first-order valence-corrected chi connectivity index (χ1v) is 7.31. The number of amidine groups is 1. The average molecular weight is 330 g/mol. The number of halogens is 1. The Hall–Kier alpha value is -3.03. The fraction of sp³-hybridized carbons (Fsp3) is 0.250. The Bertz CT molecular complexity index is 755. The van der Waals surface area contributed by atoms with Crippen molar-refractivity contribution < 1.29 is 9.18 Å². The number of nitrogens with one attached hydrogen (secondary N) is 4. The molecule has 126 valence electrons. The van der Waals surface area contributed by atoms with Gasteiger partial charge in [0.15, 0.2) is 0 Å². The molecule has 1 aliphatic rings. The summed E-state index contributed by atoms with van der Waals surface area (Å²) in [6.45, 7) is 2.17. The SMILES string of the molecule is CC(=O)N1CCC(N)=C(C(=N)Nc2ccc(C(=N)C=N)cc2F)C1. The zero-order chi connectivity index (χ0) is 17.9. The molecule has 0 fully saturated rings. The van der Waals surface area contributed by atoms with Crippen LogP contribution >= 0.6 is 0 Å². The van der Waals surface area contributed by atoms with Crippen LogP contribution < -0.4 is 11.1 Å². The van der Waals surface area contributed by atoms with Gasteiger partial charge in [0.05, 0.1) is 17.9 Å². The Morgan fingerprint density at radius 1 is 1.42 bits per heavy atom. The second-order valence-corrected chi connectivity index (χ2v) is 5.45. The van der Waals surface area contributed by atoms with Gasteiger partial charge in [-0.1, -0.05) is 6.07 Å². The Morgan fingerprint density at radius 3 is 2.71 bits per heavy atom. The van der Waals surface area contributed by atoms with Gasteiger partial charge in [-0.15, -0.1) is 0 Å². The van der Waals surface area contributed by atoms with Gasteiger partial charge in [-0.3, -0.25) is 15.6 Å². The van der Waals surface area contributed by atoms with Gasteiger partial charge in [0.2, 0.25) is 5.91 Å². The first-order chi connectivity index (χ1) is 11.3. The van der Waals surface area contributed by atoms with Crippen molar-refractivity contribution in [3.8, 4) is 0 Å². The summed E-state index contributed by atoms with van der Waals surface area (Å²) in [5, 5.41) is 25.3. The molecule has 1 amide bonds. The lowest BCUT2D eigenvalue weighted by atomic mass is 10.0. The number of anilines is 1. The fourth-order valence-corrected chi connectivity index (χ4v) is 2.36. The van der Waals surface area contributed by atoms with Crippen LogP contribution in [0.25, 0.3) is 0 Å². The van der Waals surface area contributed by atoms with Crippen molar-refractivity contribution in [2.75, 3.05) is 18.4 Å². The highest BCUT2D eigenvalue weighted by Gasteiger charge is 2.22. The third-order valence-electron chi connectivity index (χ3n) is 3.82. The molecule has 0 aliphatic carbocycles. The fourth-order valence-electron chi connectivity index (χ4n) is 2.36. The lowest BCUT2D eigenvalue weighted by molar-refractivity contribution is -0.128. The summed E-state index contributed by atoms with van der Waals surface area (Å²) in [6, 6.07) is 4.02. The number of hydrogen-bond donors (Lipinski definition) is 5. The van der Waals surface area contributed by atoms with Gasteiger partial charge in [0.25, 0.3) is 0 Å². The third kappa shape index (κ3) is 3.65. The Kier molecular flexibility index (Phi) is 5.08. The van der Waals surface area contributed by atoms with Gasteiger partial charge in [0.1, 0.15) is 11.7 Å². The molecule has 0 unspecified atom stereocenters. The van der Waals surface area contributed by atoms with Gasteiger partial charge < -0.3 is 21.4 Å². The monoisotopic (exact) mass is 330 g/mol. The van der Waals surface area contributed by atoms with Crippen LogP contribution in [0.5, 0.6) is 0 Å². The van der Waals surface area contributed by atoms with Crippen molar-refractivity contribution in [1.29, 1.82) is 16.2 Å². The minimum atomic E-state index is -0.637. The highest BCUT2D eigenvalue weighted by molar-refractivity contribution is 6.35. The molecule has 0 aromatic heterocycles. The van der Waals surface area contributed by atoms with E-state index in [4.69, 9.17) is 22.0 Å². The van der Waals surface area contributed by atoms with Crippen LogP contribution in [0.15, 0.2) is 29.5 Å². The minimum Gasteiger partial charge on any atom is -0.402 e. The summed E-state index contributed by atoms with van der Waals surface area (Å²) in [7, 11) is 0. The molecule has 0 saturated heterocycles. The summed E-state index contributed by atoms with van der Waals surface area (Å²) in [6.07, 6.45) is 1.30. The van der Waals surface area contributed by atoms with Crippen molar-refractivity contribution in [3.05, 3.63) is 40.8 Å². The summed E-state index contributed by atoms with van der Waals surface area (Å²) in [5.41, 5.74) is 7.14. The molecule has 2 rings (SSSR count). The number of nitrogens with two attached hydrogens (primary N) is 1. The van der Waals surface area contributed by atoms with Crippen LogP contribution in [0.1, 0.15) is 18.9 Å². The topological polar surface area (TPSA) is 130 Å². The molecule has 0 radical (unpaired) electrons. The Labute approximate surface area is 138 Å². The van der Waals surface area contributed by atoms with E-state index in [2.05, 4.69) is 5.32 Å². The van der Waals surface area contributed by atoms with E-state index in [9.17, 15) is 9.18 Å². The van der Waals surface area contributed by atoms with Gasteiger partial charge in [0, 0.05) is 42.9 Å². The van der Waals surface area contributed by atoms with Crippen LogP contribution in [0.2, 0.25) is 0 Å². The quantitative estimate of drug-likeness (QED) is 0.425. The second-order valence-electron chi connectivity index (χ2n) is 5.45. The summed E-state index contributed by atoms with van der Waals surface area (Å²) < 4.78 is 14.1. The molecule has 0 spiro atoms. The van der Waals surface area contributed by atoms with E-state index in [0.717, 1.165) is 12.3 Å². The molecule has 1 aliphatic heterocycles. The molecule has 8 heteroatoms. The summed E-state index contributed by atoms with van der Waals surface area (Å²) in [4.78, 5) is 13.1. The molecule has 0 bridgehead atoms. The predicted molar refractivity (Wildman–Crippen MR) is 91.4 cm³/mol. The van der Waals surface area contributed by atoms with E-state index in [1.165, 1.54) is 19.1 Å². The number of carbonyl (C=O) groups excluding carboxylic acids is 1. The number of benzene rings is 1. The summed E-state index contributed by atoms with van der Waals surface area (Å²) >= 11 is 0. The lowest BCUT2D eigenvalue weighted by Crippen LogP contribution is -2.39. The molecule has 7 nitrogen and oxygen atoms in total. The van der Waals surface area contributed by atoms with Crippen LogP contribution in [-0.4, -0.2) is 41.7 Å². The molecule has 0 saturated carbocycles. The highest BCUT2D eigenvalue weighted by atomic mass is 19.1. The number of rotatable bonds is 4. The standard InChI is InChI=1S/C16H19FN6O/c1-9(24)23-5-4-13(19)11(8-23)16(21)22-15-3-2-10(6-12(15)17)14(20)7-18/h2-3,6-7,18,20H,4-5,8,19H2,1H3,(H2,21,22). The molecule has 1 aromatic carbocycles. The van der Waals surface area contributed by atoms with Crippen molar-refractivity contribution in [3.63, 3.8) is 0 Å². The molecule has 6 N–H and O–H groups in total.